The molecule has 1 spiro atoms. The summed E-state index contributed by atoms with van der Waals surface area (Å²) < 4.78 is 0. The third-order valence-corrected chi connectivity index (χ3v) is 2.72. The maximum absolute atomic E-state index is 11.2. The molecule has 2 N–H and O–H groups in total. The van der Waals surface area contributed by atoms with E-state index in [1.807, 2.05) is 7.05 Å². The molecule has 1 saturated heterocycles. The smallest absolute Gasteiger partial charge is 0.227 e. The number of likely N-dealkylation sites (N-methyl/N-ethyl adjacent to an activating group) is 1. The summed E-state index contributed by atoms with van der Waals surface area (Å²) in [6, 6.07) is 0.389. The molecule has 0 aromatic rings. The van der Waals surface area contributed by atoms with Gasteiger partial charge in [-0.1, -0.05) is 0 Å². The van der Waals surface area contributed by atoms with Crippen LogP contribution in [0.1, 0.15) is 12.8 Å². The van der Waals surface area contributed by atoms with Gasteiger partial charge in [-0.05, 0) is 19.9 Å². The van der Waals surface area contributed by atoms with Crippen molar-refractivity contribution in [3.63, 3.8) is 0 Å². The normalized spacial score (nSPS) is 34.5. The first kappa shape index (κ1) is 6.16. The van der Waals surface area contributed by atoms with Crippen LogP contribution in [-0.2, 0) is 4.79 Å². The SMILES string of the molecule is CNC1CNC(=O)C12CC2. The van der Waals surface area contributed by atoms with E-state index in [0.29, 0.717) is 6.04 Å². The molecule has 56 valence electrons. The topological polar surface area (TPSA) is 41.1 Å². The van der Waals surface area contributed by atoms with Gasteiger partial charge in [0.2, 0.25) is 5.91 Å². The zero-order valence-corrected chi connectivity index (χ0v) is 6.11. The molecule has 1 aliphatic heterocycles. The van der Waals surface area contributed by atoms with E-state index < -0.39 is 0 Å². The summed E-state index contributed by atoms with van der Waals surface area (Å²) in [7, 11) is 1.92. The van der Waals surface area contributed by atoms with Crippen LogP contribution in [-0.4, -0.2) is 25.5 Å². The highest BCUT2D eigenvalue weighted by Crippen LogP contribution is 2.50. The van der Waals surface area contributed by atoms with Crippen LogP contribution in [0.2, 0.25) is 0 Å². The molecule has 1 unspecified atom stereocenters. The van der Waals surface area contributed by atoms with E-state index in [-0.39, 0.29) is 11.3 Å². The van der Waals surface area contributed by atoms with Gasteiger partial charge in [0, 0.05) is 12.6 Å². The minimum absolute atomic E-state index is 0.00868. The maximum atomic E-state index is 11.2. The van der Waals surface area contributed by atoms with Gasteiger partial charge in [-0.2, -0.15) is 0 Å². The maximum Gasteiger partial charge on any atom is 0.227 e. The first-order valence-electron chi connectivity index (χ1n) is 3.75. The van der Waals surface area contributed by atoms with Gasteiger partial charge in [0.05, 0.1) is 5.41 Å². The van der Waals surface area contributed by atoms with Gasteiger partial charge in [0.25, 0.3) is 0 Å². The van der Waals surface area contributed by atoms with Gasteiger partial charge in [-0.25, -0.2) is 0 Å². The van der Waals surface area contributed by atoms with E-state index in [2.05, 4.69) is 10.6 Å². The summed E-state index contributed by atoms with van der Waals surface area (Å²) in [6.45, 7) is 0.815. The Bertz CT molecular complexity index is 174. The van der Waals surface area contributed by atoms with Crippen molar-refractivity contribution in [2.24, 2.45) is 5.41 Å². The van der Waals surface area contributed by atoms with Gasteiger partial charge in [-0.15, -0.1) is 0 Å². The lowest BCUT2D eigenvalue weighted by Crippen LogP contribution is -2.34. The largest absolute Gasteiger partial charge is 0.354 e. The Morgan fingerprint density at radius 1 is 1.70 bits per heavy atom. The molecular formula is C7H12N2O. The second-order valence-corrected chi connectivity index (χ2v) is 3.21. The van der Waals surface area contributed by atoms with Crippen LogP contribution in [0.4, 0.5) is 0 Å². The summed E-state index contributed by atoms with van der Waals surface area (Å²) >= 11 is 0. The molecule has 1 amide bonds. The number of carbonyl (C=O) groups is 1. The predicted molar refractivity (Wildman–Crippen MR) is 37.5 cm³/mol. The highest BCUT2D eigenvalue weighted by molar-refractivity contribution is 5.88. The Balaban J connectivity index is 2.18. The molecule has 10 heavy (non-hydrogen) atoms. The molecule has 1 heterocycles. The number of carbonyl (C=O) groups excluding carboxylic acids is 1. The van der Waals surface area contributed by atoms with Crippen LogP contribution in [0, 0.1) is 5.41 Å². The van der Waals surface area contributed by atoms with Gasteiger partial charge in [0.1, 0.15) is 0 Å². The molecule has 3 nitrogen and oxygen atoms in total. The Kier molecular flexibility index (Phi) is 1.06. The first-order valence-corrected chi connectivity index (χ1v) is 3.75. The predicted octanol–water partition coefficient (Wildman–Crippen LogP) is -0.516. The fourth-order valence-corrected chi connectivity index (χ4v) is 1.81. The van der Waals surface area contributed by atoms with Crippen molar-refractivity contribution < 1.29 is 4.79 Å². The lowest BCUT2D eigenvalue weighted by atomic mass is 10.0. The standard InChI is InChI=1S/C7H12N2O/c1-8-5-4-9-6(10)7(5)2-3-7/h5,8H,2-4H2,1H3,(H,9,10). The second kappa shape index (κ2) is 1.72. The van der Waals surface area contributed by atoms with Crippen LogP contribution in [0.5, 0.6) is 0 Å². The van der Waals surface area contributed by atoms with Gasteiger partial charge >= 0.3 is 0 Å². The Morgan fingerprint density at radius 2 is 2.40 bits per heavy atom. The Morgan fingerprint density at radius 3 is 2.80 bits per heavy atom. The fourth-order valence-electron chi connectivity index (χ4n) is 1.81. The van der Waals surface area contributed by atoms with E-state index in [1.165, 1.54) is 0 Å². The average Bonchev–Trinajstić information content (AvgIpc) is 2.63. The number of rotatable bonds is 1. The van der Waals surface area contributed by atoms with Crippen LogP contribution in [0.25, 0.3) is 0 Å². The average molecular weight is 140 g/mol. The highest BCUT2D eigenvalue weighted by Gasteiger charge is 2.58. The van der Waals surface area contributed by atoms with Gasteiger partial charge in [0.15, 0.2) is 0 Å². The summed E-state index contributed by atoms with van der Waals surface area (Å²) in [6.07, 6.45) is 2.15. The third kappa shape index (κ3) is 0.560. The molecule has 0 aromatic carbocycles. The minimum atomic E-state index is 0.00868. The van der Waals surface area contributed by atoms with Gasteiger partial charge in [-0.3, -0.25) is 4.79 Å². The molecule has 0 radical (unpaired) electrons. The second-order valence-electron chi connectivity index (χ2n) is 3.21. The Hall–Kier alpha value is -0.570. The van der Waals surface area contributed by atoms with Crippen LogP contribution in [0.3, 0.4) is 0 Å². The lowest BCUT2D eigenvalue weighted by molar-refractivity contribution is -0.123. The van der Waals surface area contributed by atoms with Crippen molar-refractivity contribution >= 4 is 5.91 Å². The first-order chi connectivity index (χ1) is 4.79. The third-order valence-electron chi connectivity index (χ3n) is 2.72. The number of nitrogens with one attached hydrogen (secondary N) is 2. The molecule has 2 aliphatic rings. The minimum Gasteiger partial charge on any atom is -0.354 e. The number of hydrogen-bond donors (Lipinski definition) is 2. The summed E-state index contributed by atoms with van der Waals surface area (Å²) in [4.78, 5) is 11.2. The zero-order chi connectivity index (χ0) is 7.19. The summed E-state index contributed by atoms with van der Waals surface area (Å²) in [5.41, 5.74) is 0.00868. The van der Waals surface area contributed by atoms with Gasteiger partial charge < -0.3 is 10.6 Å². The van der Waals surface area contributed by atoms with E-state index in [4.69, 9.17) is 0 Å². The molecule has 0 bridgehead atoms. The van der Waals surface area contributed by atoms with E-state index >= 15 is 0 Å². The van der Waals surface area contributed by atoms with E-state index in [9.17, 15) is 4.79 Å². The van der Waals surface area contributed by atoms with Crippen molar-refractivity contribution in [2.45, 2.75) is 18.9 Å². The van der Waals surface area contributed by atoms with Crippen molar-refractivity contribution in [3.05, 3.63) is 0 Å². The number of hydrogen-bond acceptors (Lipinski definition) is 2. The monoisotopic (exact) mass is 140 g/mol. The molecular weight excluding hydrogens is 128 g/mol. The van der Waals surface area contributed by atoms with Crippen LogP contribution in [0.15, 0.2) is 0 Å². The molecule has 2 fully saturated rings. The van der Waals surface area contributed by atoms with Crippen molar-refractivity contribution in [3.8, 4) is 0 Å². The number of amides is 1. The molecule has 3 heteroatoms. The summed E-state index contributed by atoms with van der Waals surface area (Å²) in [5, 5.41) is 6.04. The van der Waals surface area contributed by atoms with E-state index in [0.717, 1.165) is 19.4 Å². The quantitative estimate of drug-likeness (QED) is 0.515. The molecule has 1 atom stereocenters. The van der Waals surface area contributed by atoms with Crippen molar-refractivity contribution in [2.75, 3.05) is 13.6 Å². The van der Waals surface area contributed by atoms with Crippen molar-refractivity contribution in [1.82, 2.24) is 10.6 Å². The molecule has 0 aromatic heterocycles. The molecule has 2 rings (SSSR count). The van der Waals surface area contributed by atoms with Crippen molar-refractivity contribution in [1.29, 1.82) is 0 Å². The fraction of sp³-hybridized carbons (Fsp3) is 0.857. The van der Waals surface area contributed by atoms with Crippen LogP contribution < -0.4 is 10.6 Å². The van der Waals surface area contributed by atoms with E-state index in [1.54, 1.807) is 0 Å². The highest BCUT2D eigenvalue weighted by atomic mass is 16.2. The molecule has 1 aliphatic carbocycles. The van der Waals surface area contributed by atoms with Crippen LogP contribution >= 0.6 is 0 Å². The Labute approximate surface area is 60.2 Å². The molecule has 1 saturated carbocycles. The summed E-state index contributed by atoms with van der Waals surface area (Å²) in [5.74, 6) is 0.256. The lowest BCUT2D eigenvalue weighted by Gasteiger charge is -2.12. The zero-order valence-electron chi connectivity index (χ0n) is 6.11.